The first kappa shape index (κ1) is 13.9. The van der Waals surface area contributed by atoms with E-state index >= 15 is 0 Å². The van der Waals surface area contributed by atoms with Gasteiger partial charge in [0.25, 0.3) is 0 Å². The predicted molar refractivity (Wildman–Crippen MR) is 82.6 cm³/mol. The van der Waals surface area contributed by atoms with Crippen LogP contribution in [0.1, 0.15) is 43.5 Å². The molecule has 0 saturated carbocycles. The Labute approximate surface area is 125 Å². The maximum absolute atomic E-state index is 5.26. The van der Waals surface area contributed by atoms with E-state index in [1.165, 1.54) is 5.56 Å². The minimum Gasteiger partial charge on any atom is -0.361 e. The fourth-order valence-corrected chi connectivity index (χ4v) is 2.51. The zero-order valence-electron chi connectivity index (χ0n) is 13.3. The predicted octanol–water partition coefficient (Wildman–Crippen LogP) is 3.94. The van der Waals surface area contributed by atoms with Crippen LogP contribution in [0.3, 0.4) is 0 Å². The second-order valence-corrected chi connectivity index (χ2v) is 6.61. The first-order chi connectivity index (χ1) is 9.86. The molecule has 0 N–H and O–H groups in total. The molecule has 0 aliphatic carbocycles. The van der Waals surface area contributed by atoms with Crippen LogP contribution < -0.4 is 0 Å². The number of hydrogen-bond donors (Lipinski definition) is 0. The molecule has 1 aromatic rings. The highest BCUT2D eigenvalue weighted by Crippen LogP contribution is 2.30. The number of nitrogens with zero attached hydrogens (tertiary/aromatic N) is 3. The van der Waals surface area contributed by atoms with Gasteiger partial charge < -0.3 is 9.09 Å². The Balaban J connectivity index is 2.06. The van der Waals surface area contributed by atoms with E-state index in [4.69, 9.17) is 9.51 Å². The van der Waals surface area contributed by atoms with Crippen LogP contribution in [0.2, 0.25) is 0 Å². The van der Waals surface area contributed by atoms with Crippen LogP contribution >= 0.6 is 0 Å². The molecule has 1 aromatic heterocycles. The molecule has 4 nitrogen and oxygen atoms in total. The van der Waals surface area contributed by atoms with Gasteiger partial charge >= 0.3 is 0 Å². The van der Waals surface area contributed by atoms with Crippen molar-refractivity contribution in [3.8, 4) is 11.4 Å². The molecule has 3 rings (SSSR count). The molecular formula is C17H21N3O. The number of hydrogen-bond acceptors (Lipinski definition) is 3. The molecule has 0 atom stereocenters. The van der Waals surface area contributed by atoms with Crippen LogP contribution in [0.4, 0.5) is 0 Å². The summed E-state index contributed by atoms with van der Waals surface area (Å²) in [5.74, 6) is 1.89. The van der Waals surface area contributed by atoms with Crippen LogP contribution in [0.15, 0.2) is 28.9 Å². The molecule has 0 saturated heterocycles. The summed E-state index contributed by atoms with van der Waals surface area (Å²) < 4.78 is 7.42. The van der Waals surface area contributed by atoms with E-state index in [9.17, 15) is 0 Å². The van der Waals surface area contributed by atoms with Gasteiger partial charge in [-0.2, -0.15) is 0 Å². The Hall–Kier alpha value is -2.10. The summed E-state index contributed by atoms with van der Waals surface area (Å²) in [6, 6.07) is 6.36. The smallest absolute Gasteiger partial charge is 0.140 e. The lowest BCUT2D eigenvalue weighted by Gasteiger charge is -2.14. The summed E-state index contributed by atoms with van der Waals surface area (Å²) in [5, 5.41) is 4.03. The van der Waals surface area contributed by atoms with Crippen molar-refractivity contribution in [2.45, 2.75) is 46.6 Å². The molecule has 0 amide bonds. The van der Waals surface area contributed by atoms with Gasteiger partial charge in [0.2, 0.25) is 0 Å². The fraction of sp³-hybridized carbons (Fsp3) is 0.412. The Morgan fingerprint density at radius 2 is 2.00 bits per heavy atom. The zero-order chi connectivity index (χ0) is 15.2. The van der Waals surface area contributed by atoms with Crippen LogP contribution in [0.25, 0.3) is 11.4 Å². The minimum absolute atomic E-state index is 0.0554. The van der Waals surface area contributed by atoms with Crippen molar-refractivity contribution in [3.63, 3.8) is 0 Å². The van der Waals surface area contributed by atoms with Crippen molar-refractivity contribution in [2.75, 3.05) is 0 Å². The van der Waals surface area contributed by atoms with Gasteiger partial charge in [0, 0.05) is 28.4 Å². The van der Waals surface area contributed by atoms with Gasteiger partial charge in [0.1, 0.15) is 11.6 Å². The third-order valence-corrected chi connectivity index (χ3v) is 3.87. The third kappa shape index (κ3) is 2.46. The van der Waals surface area contributed by atoms with Crippen LogP contribution in [0, 0.1) is 13.8 Å². The third-order valence-electron chi connectivity index (χ3n) is 3.87. The largest absolute Gasteiger partial charge is 0.361 e. The molecule has 0 unspecified atom stereocenters. The van der Waals surface area contributed by atoms with Crippen LogP contribution in [0.5, 0.6) is 0 Å². The van der Waals surface area contributed by atoms with E-state index in [0.717, 1.165) is 35.1 Å². The highest BCUT2D eigenvalue weighted by molar-refractivity contribution is 5.60. The lowest BCUT2D eigenvalue weighted by molar-refractivity contribution is 0.392. The molecule has 4 heteroatoms. The summed E-state index contributed by atoms with van der Waals surface area (Å²) in [7, 11) is 0. The SMILES string of the molecule is Cc1noc(C)c1Cn1cccc2cc(C(C)(C)C)nc1-2. The molecule has 0 fully saturated rings. The molecule has 110 valence electrons. The Bertz CT molecular complexity index is 726. The number of fused-ring (bicyclic) bond motifs is 1. The van der Waals surface area contributed by atoms with Gasteiger partial charge in [-0.3, -0.25) is 0 Å². The maximum atomic E-state index is 5.26. The van der Waals surface area contributed by atoms with Gasteiger partial charge in [-0.1, -0.05) is 25.9 Å². The zero-order valence-corrected chi connectivity index (χ0v) is 13.3. The van der Waals surface area contributed by atoms with Gasteiger partial charge in [-0.15, -0.1) is 0 Å². The van der Waals surface area contributed by atoms with E-state index < -0.39 is 0 Å². The maximum Gasteiger partial charge on any atom is 0.140 e. The summed E-state index contributed by atoms with van der Waals surface area (Å²) in [5.41, 5.74) is 4.43. The second kappa shape index (κ2) is 4.72. The Morgan fingerprint density at radius 3 is 2.62 bits per heavy atom. The lowest BCUT2D eigenvalue weighted by Crippen LogP contribution is -2.11. The average Bonchev–Trinajstić information content (AvgIpc) is 2.97. The highest BCUT2D eigenvalue weighted by atomic mass is 16.5. The molecular weight excluding hydrogens is 262 g/mol. The van der Waals surface area contributed by atoms with E-state index in [2.05, 4.69) is 54.9 Å². The normalized spacial score (nSPS) is 12.2. The standard InChI is InChI=1S/C17H21N3O/c1-11-14(12(2)21-19-11)10-20-8-6-7-13-9-15(17(3,4)5)18-16(13)20/h6-9H,10H2,1-5H3. The van der Waals surface area contributed by atoms with Gasteiger partial charge in [-0.05, 0) is 32.0 Å². The molecule has 3 heterocycles. The highest BCUT2D eigenvalue weighted by Gasteiger charge is 2.22. The van der Waals surface area contributed by atoms with Crippen molar-refractivity contribution >= 4 is 0 Å². The van der Waals surface area contributed by atoms with Crippen molar-refractivity contribution in [1.82, 2.24) is 14.7 Å². The molecule has 0 bridgehead atoms. The second-order valence-electron chi connectivity index (χ2n) is 6.61. The van der Waals surface area contributed by atoms with E-state index in [1.807, 2.05) is 13.8 Å². The molecule has 0 radical (unpaired) electrons. The van der Waals surface area contributed by atoms with Crippen LogP contribution in [-0.2, 0) is 12.0 Å². The van der Waals surface area contributed by atoms with Crippen molar-refractivity contribution in [3.05, 3.63) is 47.1 Å². The number of aryl methyl sites for hydroxylation is 2. The fourth-order valence-electron chi connectivity index (χ4n) is 2.51. The summed E-state index contributed by atoms with van der Waals surface area (Å²) >= 11 is 0. The molecule has 2 aliphatic rings. The molecule has 21 heavy (non-hydrogen) atoms. The van der Waals surface area contributed by atoms with E-state index in [1.54, 1.807) is 0 Å². The number of rotatable bonds is 2. The van der Waals surface area contributed by atoms with Crippen LogP contribution in [-0.4, -0.2) is 14.7 Å². The van der Waals surface area contributed by atoms with Gasteiger partial charge in [0.05, 0.1) is 12.2 Å². The molecule has 0 spiro atoms. The monoisotopic (exact) mass is 283 g/mol. The topological polar surface area (TPSA) is 43.9 Å². The van der Waals surface area contributed by atoms with E-state index in [-0.39, 0.29) is 5.41 Å². The van der Waals surface area contributed by atoms with Gasteiger partial charge in [-0.25, -0.2) is 4.98 Å². The van der Waals surface area contributed by atoms with Crippen molar-refractivity contribution in [1.29, 1.82) is 0 Å². The summed E-state index contributed by atoms with van der Waals surface area (Å²) in [6.45, 7) is 11.2. The lowest BCUT2D eigenvalue weighted by atomic mass is 9.92. The first-order valence-electron chi connectivity index (χ1n) is 7.24. The molecule has 0 aromatic carbocycles. The van der Waals surface area contributed by atoms with Gasteiger partial charge in [0.15, 0.2) is 0 Å². The minimum atomic E-state index is 0.0554. The Kier molecular flexibility index (Phi) is 3.12. The van der Waals surface area contributed by atoms with Crippen molar-refractivity contribution < 1.29 is 4.52 Å². The summed E-state index contributed by atoms with van der Waals surface area (Å²) in [6.07, 6.45) is 2.06. The number of aromatic nitrogens is 3. The summed E-state index contributed by atoms with van der Waals surface area (Å²) in [4.78, 5) is 4.84. The number of pyridine rings is 1. The van der Waals surface area contributed by atoms with E-state index in [0.29, 0.717) is 0 Å². The first-order valence-corrected chi connectivity index (χ1v) is 7.24. The quantitative estimate of drug-likeness (QED) is 0.715. The average molecular weight is 283 g/mol. The van der Waals surface area contributed by atoms with Crippen molar-refractivity contribution in [2.24, 2.45) is 0 Å². The Morgan fingerprint density at radius 1 is 1.24 bits per heavy atom. The molecule has 2 aliphatic heterocycles.